The van der Waals surface area contributed by atoms with Crippen LogP contribution in [-0.2, 0) is 9.53 Å². The molecule has 2 amide bonds. The maximum absolute atomic E-state index is 12.4. The lowest BCUT2D eigenvalue weighted by molar-refractivity contribution is -0.144. The molecule has 34 heavy (non-hydrogen) atoms. The van der Waals surface area contributed by atoms with E-state index in [1.807, 2.05) is 0 Å². The van der Waals surface area contributed by atoms with Crippen LogP contribution in [0.25, 0.3) is 0 Å². The Kier molecular flexibility index (Phi) is 10.1. The van der Waals surface area contributed by atoms with Gasteiger partial charge in [0, 0.05) is 16.9 Å². The van der Waals surface area contributed by atoms with Crippen LogP contribution in [0.1, 0.15) is 51.8 Å². The molecule has 0 fully saturated rings. The summed E-state index contributed by atoms with van der Waals surface area (Å²) in [5.74, 6) is 0.309. The number of Topliss-reactive ketones (excluding diaryl/α,β-unsaturated/α-hetero) is 1. The van der Waals surface area contributed by atoms with E-state index < -0.39 is 24.3 Å². The molecule has 0 aliphatic carbocycles. The second kappa shape index (κ2) is 12.7. The van der Waals surface area contributed by atoms with Gasteiger partial charge >= 0.3 is 5.97 Å². The molecule has 180 valence electrons. The topological polar surface area (TPSA) is 90.0 Å². The summed E-state index contributed by atoms with van der Waals surface area (Å²) in [5, 5.41) is 0. The summed E-state index contributed by atoms with van der Waals surface area (Å²) in [6.45, 7) is 5.54. The van der Waals surface area contributed by atoms with E-state index in [1.54, 1.807) is 60.3 Å². The molecule has 2 aromatic carbocycles. The van der Waals surface area contributed by atoms with Crippen LogP contribution in [0.3, 0.4) is 0 Å². The number of hydrogen-bond acceptors (Lipinski definition) is 7. The molecule has 1 aliphatic heterocycles. The van der Waals surface area contributed by atoms with Crippen molar-refractivity contribution < 1.29 is 28.7 Å². The molecule has 3 rings (SSSR count). The van der Waals surface area contributed by atoms with Gasteiger partial charge in [0.05, 0.1) is 11.1 Å². The van der Waals surface area contributed by atoms with Gasteiger partial charge in [-0.15, -0.1) is 0 Å². The number of thioether (sulfide) groups is 1. The standard InChI is InChI=1S/C25H25NO6S.CH4/c1-3-14-33-16-17(2)23(28)18-8-10-19(11-9-18)31-12-13-32-22(27)15-26-24(29)20-6-4-5-7-21(20)25(26)30;/h4-11H,2-3,12-16H2,1H3;1H4. The van der Waals surface area contributed by atoms with Crippen molar-refractivity contribution in [1.82, 2.24) is 4.90 Å². The van der Waals surface area contributed by atoms with Gasteiger partial charge in [0.1, 0.15) is 25.5 Å². The number of amides is 2. The monoisotopic (exact) mass is 483 g/mol. The average Bonchev–Trinajstić information content (AvgIpc) is 3.07. The molecule has 1 heterocycles. The van der Waals surface area contributed by atoms with E-state index in [9.17, 15) is 19.2 Å². The second-order valence-corrected chi connectivity index (χ2v) is 8.43. The summed E-state index contributed by atoms with van der Waals surface area (Å²) < 4.78 is 10.6. The van der Waals surface area contributed by atoms with Crippen LogP contribution in [0.4, 0.5) is 0 Å². The molecule has 1 aliphatic rings. The van der Waals surface area contributed by atoms with Crippen LogP contribution in [0.2, 0.25) is 0 Å². The van der Waals surface area contributed by atoms with Crippen molar-refractivity contribution in [3.63, 3.8) is 0 Å². The predicted octanol–water partition coefficient (Wildman–Crippen LogP) is 4.42. The van der Waals surface area contributed by atoms with E-state index in [4.69, 9.17) is 9.47 Å². The highest BCUT2D eigenvalue weighted by Crippen LogP contribution is 2.22. The quantitative estimate of drug-likeness (QED) is 0.145. The highest BCUT2D eigenvalue weighted by Gasteiger charge is 2.36. The Morgan fingerprint density at radius 3 is 2.18 bits per heavy atom. The molecule has 2 aromatic rings. The third-order valence-corrected chi connectivity index (χ3v) is 6.09. The fourth-order valence-electron chi connectivity index (χ4n) is 3.18. The number of hydrogen-bond donors (Lipinski definition) is 0. The van der Waals surface area contributed by atoms with Gasteiger partial charge in [-0.05, 0) is 48.6 Å². The highest BCUT2D eigenvalue weighted by atomic mass is 32.2. The first-order valence-corrected chi connectivity index (χ1v) is 11.7. The summed E-state index contributed by atoms with van der Waals surface area (Å²) in [6, 6.07) is 13.1. The van der Waals surface area contributed by atoms with Crippen LogP contribution in [-0.4, -0.2) is 59.7 Å². The first-order chi connectivity index (χ1) is 15.9. The minimum absolute atomic E-state index is 0. The van der Waals surface area contributed by atoms with E-state index in [0.29, 0.717) is 22.6 Å². The second-order valence-electron chi connectivity index (χ2n) is 7.32. The maximum Gasteiger partial charge on any atom is 0.326 e. The largest absolute Gasteiger partial charge is 0.490 e. The number of fused-ring (bicyclic) bond motifs is 1. The molecule has 0 bridgehead atoms. The number of ketones is 1. The lowest BCUT2D eigenvalue weighted by Gasteiger charge is -2.13. The number of benzene rings is 2. The van der Waals surface area contributed by atoms with Crippen molar-refractivity contribution >= 4 is 35.3 Å². The lowest BCUT2D eigenvalue weighted by atomic mass is 10.1. The Labute approximate surface area is 204 Å². The average molecular weight is 484 g/mol. The van der Waals surface area contributed by atoms with Gasteiger partial charge in [-0.2, -0.15) is 11.8 Å². The smallest absolute Gasteiger partial charge is 0.326 e. The predicted molar refractivity (Wildman–Crippen MR) is 133 cm³/mol. The van der Waals surface area contributed by atoms with Gasteiger partial charge in [-0.1, -0.05) is 33.1 Å². The fraction of sp³-hybridized carbons (Fsp3) is 0.308. The van der Waals surface area contributed by atoms with Crippen LogP contribution in [0, 0.1) is 0 Å². The van der Waals surface area contributed by atoms with Crippen molar-refractivity contribution in [3.8, 4) is 5.75 Å². The molecule has 0 saturated carbocycles. The Bertz CT molecular complexity index is 1030. The van der Waals surface area contributed by atoms with Crippen LogP contribution >= 0.6 is 11.8 Å². The molecular weight excluding hydrogens is 454 g/mol. The summed E-state index contributed by atoms with van der Waals surface area (Å²) >= 11 is 1.68. The summed E-state index contributed by atoms with van der Waals surface area (Å²) in [7, 11) is 0. The molecule has 0 unspecified atom stereocenters. The molecule has 7 nitrogen and oxygen atoms in total. The first-order valence-electron chi connectivity index (χ1n) is 10.6. The van der Waals surface area contributed by atoms with Crippen LogP contribution < -0.4 is 4.74 Å². The minimum Gasteiger partial charge on any atom is -0.490 e. The number of carbonyl (C=O) groups is 4. The van der Waals surface area contributed by atoms with Crippen LogP contribution in [0.5, 0.6) is 5.75 Å². The SMILES string of the molecule is C.C=C(CSCCC)C(=O)c1ccc(OCCOC(=O)CN2C(=O)c3ccccc3C2=O)cc1. The minimum atomic E-state index is -0.700. The molecule has 0 atom stereocenters. The summed E-state index contributed by atoms with van der Waals surface area (Å²) in [6.07, 6.45) is 1.05. The Balaban J connectivity index is 0.00000408. The van der Waals surface area contributed by atoms with Gasteiger partial charge in [-0.3, -0.25) is 24.1 Å². The zero-order valence-electron chi connectivity index (χ0n) is 18.4. The lowest BCUT2D eigenvalue weighted by Crippen LogP contribution is -2.36. The van der Waals surface area contributed by atoms with Crippen molar-refractivity contribution in [2.45, 2.75) is 20.8 Å². The molecule has 8 heteroatoms. The number of imide groups is 1. The zero-order chi connectivity index (χ0) is 23.8. The Morgan fingerprint density at radius 2 is 1.59 bits per heavy atom. The Morgan fingerprint density at radius 1 is 0.971 bits per heavy atom. The number of ether oxygens (including phenoxy) is 2. The van der Waals surface area contributed by atoms with E-state index in [0.717, 1.165) is 17.1 Å². The van der Waals surface area contributed by atoms with Crippen LogP contribution in [0.15, 0.2) is 60.7 Å². The normalized spacial score (nSPS) is 12.1. The molecule has 0 N–H and O–H groups in total. The van der Waals surface area contributed by atoms with E-state index >= 15 is 0 Å². The van der Waals surface area contributed by atoms with Gasteiger partial charge in [0.25, 0.3) is 11.8 Å². The number of carbonyl (C=O) groups excluding carboxylic acids is 4. The van der Waals surface area contributed by atoms with Crippen molar-refractivity contribution in [1.29, 1.82) is 0 Å². The maximum atomic E-state index is 12.4. The van der Waals surface area contributed by atoms with E-state index in [1.165, 1.54) is 0 Å². The summed E-state index contributed by atoms with van der Waals surface area (Å²) in [5.41, 5.74) is 1.66. The van der Waals surface area contributed by atoms with E-state index in [2.05, 4.69) is 13.5 Å². The molecule has 0 aromatic heterocycles. The van der Waals surface area contributed by atoms with Crippen molar-refractivity contribution in [2.24, 2.45) is 0 Å². The highest BCUT2D eigenvalue weighted by molar-refractivity contribution is 7.99. The summed E-state index contributed by atoms with van der Waals surface area (Å²) in [4.78, 5) is 49.9. The Hall–Kier alpha value is -3.39. The zero-order valence-corrected chi connectivity index (χ0v) is 19.2. The molecule has 0 saturated heterocycles. The third-order valence-electron chi connectivity index (χ3n) is 4.84. The van der Waals surface area contributed by atoms with Gasteiger partial charge in [0.2, 0.25) is 0 Å². The fourth-order valence-corrected chi connectivity index (χ4v) is 3.99. The van der Waals surface area contributed by atoms with E-state index in [-0.39, 0.29) is 37.6 Å². The van der Waals surface area contributed by atoms with Gasteiger partial charge in [-0.25, -0.2) is 0 Å². The van der Waals surface area contributed by atoms with Crippen molar-refractivity contribution in [3.05, 3.63) is 77.4 Å². The molecule has 0 spiro atoms. The third kappa shape index (κ3) is 6.57. The first kappa shape index (κ1) is 26.9. The van der Waals surface area contributed by atoms with Crippen molar-refractivity contribution in [2.75, 3.05) is 31.3 Å². The van der Waals surface area contributed by atoms with Gasteiger partial charge < -0.3 is 9.47 Å². The number of esters is 1. The number of nitrogens with zero attached hydrogens (tertiary/aromatic N) is 1. The molecular formula is C26H29NO6S. The van der Waals surface area contributed by atoms with Gasteiger partial charge in [0.15, 0.2) is 5.78 Å². The number of rotatable bonds is 12. The molecule has 0 radical (unpaired) electrons.